The first kappa shape index (κ1) is 11.7. The Balaban J connectivity index is 0.00000121. The van der Waals surface area contributed by atoms with Crippen molar-refractivity contribution in [2.75, 3.05) is 0 Å². The SMILES string of the molecule is CC(N)(O)c1ccc(Cl)cc1.Cl. The lowest BCUT2D eigenvalue weighted by Gasteiger charge is -2.17. The first-order chi connectivity index (χ1) is 5.00. The van der Waals surface area contributed by atoms with Gasteiger partial charge < -0.3 is 10.8 Å². The van der Waals surface area contributed by atoms with E-state index >= 15 is 0 Å². The Kier molecular flexibility index (Phi) is 4.00. The van der Waals surface area contributed by atoms with Crippen molar-refractivity contribution in [2.45, 2.75) is 12.6 Å². The highest BCUT2D eigenvalue weighted by molar-refractivity contribution is 6.30. The molecule has 1 aromatic carbocycles. The molecule has 0 aliphatic rings. The topological polar surface area (TPSA) is 46.2 Å². The van der Waals surface area contributed by atoms with Crippen molar-refractivity contribution in [1.29, 1.82) is 0 Å². The molecule has 0 saturated carbocycles. The van der Waals surface area contributed by atoms with Gasteiger partial charge in [0.15, 0.2) is 0 Å². The van der Waals surface area contributed by atoms with Crippen molar-refractivity contribution < 1.29 is 5.11 Å². The van der Waals surface area contributed by atoms with Crippen LogP contribution in [0.1, 0.15) is 12.5 Å². The minimum absolute atomic E-state index is 0. The van der Waals surface area contributed by atoms with Crippen molar-refractivity contribution in [2.24, 2.45) is 5.73 Å². The maximum atomic E-state index is 9.31. The monoisotopic (exact) mass is 207 g/mol. The lowest BCUT2D eigenvalue weighted by molar-refractivity contribution is 0.0647. The third kappa shape index (κ3) is 2.99. The average Bonchev–Trinajstić information content (AvgIpc) is 1.86. The quantitative estimate of drug-likeness (QED) is 0.692. The van der Waals surface area contributed by atoms with Crippen molar-refractivity contribution in [3.8, 4) is 0 Å². The molecule has 0 fully saturated rings. The van der Waals surface area contributed by atoms with Crippen LogP contribution in [-0.2, 0) is 5.72 Å². The maximum Gasteiger partial charge on any atom is 0.136 e. The van der Waals surface area contributed by atoms with Crippen LogP contribution in [-0.4, -0.2) is 5.11 Å². The summed E-state index contributed by atoms with van der Waals surface area (Å²) in [4.78, 5) is 0. The molecule has 0 amide bonds. The van der Waals surface area contributed by atoms with Crippen LogP contribution in [0.5, 0.6) is 0 Å². The summed E-state index contributed by atoms with van der Waals surface area (Å²) >= 11 is 5.64. The molecule has 1 rings (SSSR count). The van der Waals surface area contributed by atoms with Crippen LogP contribution in [0.25, 0.3) is 0 Å². The zero-order valence-corrected chi connectivity index (χ0v) is 8.19. The molecule has 12 heavy (non-hydrogen) atoms. The normalized spacial score (nSPS) is 14.7. The van der Waals surface area contributed by atoms with Crippen LogP contribution in [0.4, 0.5) is 0 Å². The van der Waals surface area contributed by atoms with Crippen LogP contribution in [0.15, 0.2) is 24.3 Å². The van der Waals surface area contributed by atoms with Gasteiger partial charge in [-0.1, -0.05) is 23.7 Å². The zero-order chi connectivity index (χ0) is 8.48. The Bertz CT molecular complexity index is 240. The highest BCUT2D eigenvalue weighted by atomic mass is 35.5. The second-order valence-corrected chi connectivity index (χ2v) is 3.09. The van der Waals surface area contributed by atoms with Gasteiger partial charge in [0.2, 0.25) is 0 Å². The summed E-state index contributed by atoms with van der Waals surface area (Å²) in [5, 5.41) is 9.95. The molecule has 1 aromatic rings. The first-order valence-electron chi connectivity index (χ1n) is 3.27. The fourth-order valence-corrected chi connectivity index (χ4v) is 0.913. The van der Waals surface area contributed by atoms with E-state index in [9.17, 15) is 5.11 Å². The fourth-order valence-electron chi connectivity index (χ4n) is 0.787. The van der Waals surface area contributed by atoms with E-state index in [1.165, 1.54) is 6.92 Å². The standard InChI is InChI=1S/C8H10ClNO.ClH/c1-8(10,11)6-2-4-7(9)5-3-6;/h2-5,11H,10H2,1H3;1H. The molecule has 4 heteroatoms. The van der Waals surface area contributed by atoms with Crippen molar-refractivity contribution in [3.05, 3.63) is 34.9 Å². The van der Waals surface area contributed by atoms with E-state index in [0.717, 1.165) is 0 Å². The molecule has 0 saturated heterocycles. The second-order valence-electron chi connectivity index (χ2n) is 2.65. The molecule has 68 valence electrons. The summed E-state index contributed by atoms with van der Waals surface area (Å²) in [6, 6.07) is 6.78. The Labute approximate surface area is 82.8 Å². The van der Waals surface area contributed by atoms with Crippen LogP contribution in [0, 0.1) is 0 Å². The van der Waals surface area contributed by atoms with E-state index in [1.807, 2.05) is 0 Å². The molecule has 0 radical (unpaired) electrons. The summed E-state index contributed by atoms with van der Waals surface area (Å²) in [5.74, 6) is 0. The third-order valence-corrected chi connectivity index (χ3v) is 1.68. The van der Waals surface area contributed by atoms with Gasteiger partial charge in [-0.25, -0.2) is 0 Å². The summed E-state index contributed by atoms with van der Waals surface area (Å²) in [5.41, 5.74) is 4.80. The number of hydrogen-bond donors (Lipinski definition) is 2. The lowest BCUT2D eigenvalue weighted by Crippen LogP contribution is -2.31. The van der Waals surface area contributed by atoms with Gasteiger partial charge in [-0.3, -0.25) is 0 Å². The number of rotatable bonds is 1. The smallest absolute Gasteiger partial charge is 0.136 e. The number of aliphatic hydroxyl groups is 1. The van der Waals surface area contributed by atoms with E-state index in [0.29, 0.717) is 10.6 Å². The molecule has 0 aliphatic heterocycles. The zero-order valence-electron chi connectivity index (χ0n) is 6.62. The van der Waals surface area contributed by atoms with Gasteiger partial charge in [-0.2, -0.15) is 0 Å². The van der Waals surface area contributed by atoms with Crippen molar-refractivity contribution >= 4 is 24.0 Å². The Hall–Kier alpha value is -0.280. The molecule has 0 heterocycles. The molecular formula is C8H11Cl2NO. The van der Waals surface area contributed by atoms with E-state index in [-0.39, 0.29) is 12.4 Å². The van der Waals surface area contributed by atoms with E-state index in [4.69, 9.17) is 17.3 Å². The van der Waals surface area contributed by atoms with Gasteiger partial charge in [0.05, 0.1) is 0 Å². The van der Waals surface area contributed by atoms with E-state index in [2.05, 4.69) is 0 Å². The molecule has 0 aromatic heterocycles. The third-order valence-electron chi connectivity index (χ3n) is 1.43. The molecular weight excluding hydrogens is 197 g/mol. The summed E-state index contributed by atoms with van der Waals surface area (Å²) < 4.78 is 0. The number of hydrogen-bond acceptors (Lipinski definition) is 2. The van der Waals surface area contributed by atoms with Crippen LogP contribution in [0.2, 0.25) is 5.02 Å². The van der Waals surface area contributed by atoms with Crippen molar-refractivity contribution in [1.82, 2.24) is 0 Å². The van der Waals surface area contributed by atoms with Gasteiger partial charge in [0.1, 0.15) is 5.72 Å². The fraction of sp³-hybridized carbons (Fsp3) is 0.250. The maximum absolute atomic E-state index is 9.31. The van der Waals surface area contributed by atoms with Gasteiger partial charge in [-0.15, -0.1) is 12.4 Å². The Morgan fingerprint density at radius 2 is 1.75 bits per heavy atom. The largest absolute Gasteiger partial charge is 0.372 e. The Morgan fingerprint density at radius 1 is 1.33 bits per heavy atom. The molecule has 1 unspecified atom stereocenters. The summed E-state index contributed by atoms with van der Waals surface area (Å²) in [7, 11) is 0. The number of halogens is 2. The van der Waals surface area contributed by atoms with E-state index < -0.39 is 5.72 Å². The molecule has 0 bridgehead atoms. The predicted octanol–water partition coefficient (Wildman–Crippen LogP) is 1.89. The lowest BCUT2D eigenvalue weighted by atomic mass is 10.1. The second kappa shape index (κ2) is 4.10. The Morgan fingerprint density at radius 3 is 2.08 bits per heavy atom. The first-order valence-corrected chi connectivity index (χ1v) is 3.65. The summed E-state index contributed by atoms with van der Waals surface area (Å²) in [6.45, 7) is 1.52. The molecule has 1 atom stereocenters. The number of benzene rings is 1. The minimum atomic E-state index is -1.27. The van der Waals surface area contributed by atoms with E-state index in [1.54, 1.807) is 24.3 Å². The van der Waals surface area contributed by atoms with Crippen LogP contribution < -0.4 is 5.73 Å². The average molecular weight is 208 g/mol. The summed E-state index contributed by atoms with van der Waals surface area (Å²) in [6.07, 6.45) is 0. The number of nitrogens with two attached hydrogens (primary N) is 1. The van der Waals surface area contributed by atoms with Gasteiger partial charge in [0, 0.05) is 5.02 Å². The van der Waals surface area contributed by atoms with Gasteiger partial charge >= 0.3 is 0 Å². The highest BCUT2D eigenvalue weighted by Crippen LogP contribution is 2.16. The van der Waals surface area contributed by atoms with Crippen molar-refractivity contribution in [3.63, 3.8) is 0 Å². The van der Waals surface area contributed by atoms with Crippen LogP contribution >= 0.6 is 24.0 Å². The van der Waals surface area contributed by atoms with Gasteiger partial charge in [-0.05, 0) is 24.6 Å². The van der Waals surface area contributed by atoms with Gasteiger partial charge in [0.25, 0.3) is 0 Å². The molecule has 0 spiro atoms. The predicted molar refractivity (Wildman–Crippen MR) is 52.5 cm³/mol. The molecule has 0 aliphatic carbocycles. The molecule has 3 N–H and O–H groups in total. The van der Waals surface area contributed by atoms with Crippen LogP contribution in [0.3, 0.4) is 0 Å². The highest BCUT2D eigenvalue weighted by Gasteiger charge is 2.15. The molecule has 2 nitrogen and oxygen atoms in total. The minimum Gasteiger partial charge on any atom is -0.372 e.